The standard InChI is InChI=1S/C13H8BrClN2O3/c14-9-2-1-3-11(5-9)16-7-8-4-10(15)6-12(13(8)18)17(19)20/h1-7,18H/p-1. The molecule has 20 heavy (non-hydrogen) atoms. The molecule has 0 radical (unpaired) electrons. The Balaban J connectivity index is 2.41. The van der Waals surface area contributed by atoms with Crippen LogP contribution in [0, 0.1) is 10.1 Å². The molecular weight excluding hydrogens is 348 g/mol. The molecule has 0 saturated carbocycles. The Kier molecular flexibility index (Phi) is 4.36. The fraction of sp³-hybridized carbons (Fsp3) is 0. The van der Waals surface area contributed by atoms with Crippen molar-refractivity contribution in [2.45, 2.75) is 0 Å². The molecule has 0 unspecified atom stereocenters. The lowest BCUT2D eigenvalue weighted by Crippen LogP contribution is -2.02. The van der Waals surface area contributed by atoms with E-state index in [2.05, 4.69) is 20.9 Å². The van der Waals surface area contributed by atoms with Gasteiger partial charge in [-0.15, -0.1) is 0 Å². The summed E-state index contributed by atoms with van der Waals surface area (Å²) >= 11 is 9.06. The fourth-order valence-corrected chi connectivity index (χ4v) is 2.14. The second-order valence-electron chi connectivity index (χ2n) is 3.84. The molecule has 0 aliphatic rings. The first-order chi connectivity index (χ1) is 9.47. The van der Waals surface area contributed by atoms with E-state index in [-0.39, 0.29) is 10.6 Å². The summed E-state index contributed by atoms with van der Waals surface area (Å²) < 4.78 is 0.839. The van der Waals surface area contributed by atoms with Gasteiger partial charge in [0.2, 0.25) is 0 Å². The molecular formula is C13H7BrClN2O3-. The maximum absolute atomic E-state index is 11.8. The number of nitro benzene ring substituents is 1. The summed E-state index contributed by atoms with van der Waals surface area (Å²) in [7, 11) is 0. The minimum Gasteiger partial charge on any atom is -0.867 e. The Morgan fingerprint density at radius 2 is 2.05 bits per heavy atom. The summed E-state index contributed by atoms with van der Waals surface area (Å²) in [5, 5.41) is 22.7. The lowest BCUT2D eigenvalue weighted by molar-refractivity contribution is -0.398. The highest BCUT2D eigenvalue weighted by Gasteiger charge is 2.11. The molecule has 0 atom stereocenters. The predicted molar refractivity (Wildman–Crippen MR) is 78.9 cm³/mol. The van der Waals surface area contributed by atoms with E-state index in [9.17, 15) is 15.2 Å². The molecule has 0 saturated heterocycles. The van der Waals surface area contributed by atoms with Gasteiger partial charge in [-0.05, 0) is 35.6 Å². The first-order valence-electron chi connectivity index (χ1n) is 5.42. The van der Waals surface area contributed by atoms with Crippen molar-refractivity contribution in [3.8, 4) is 5.75 Å². The van der Waals surface area contributed by atoms with Crippen molar-refractivity contribution in [2.24, 2.45) is 4.99 Å². The Hall–Kier alpha value is -1.92. The van der Waals surface area contributed by atoms with E-state index in [0.717, 1.165) is 10.5 Å². The van der Waals surface area contributed by atoms with Crippen LogP contribution in [0.15, 0.2) is 45.9 Å². The lowest BCUT2D eigenvalue weighted by atomic mass is 10.2. The summed E-state index contributed by atoms with van der Waals surface area (Å²) in [6.45, 7) is 0. The van der Waals surface area contributed by atoms with Crippen LogP contribution in [0.2, 0.25) is 5.02 Å². The van der Waals surface area contributed by atoms with Gasteiger partial charge in [0.05, 0.1) is 10.6 Å². The second-order valence-corrected chi connectivity index (χ2v) is 5.19. The van der Waals surface area contributed by atoms with E-state index < -0.39 is 16.4 Å². The molecule has 102 valence electrons. The van der Waals surface area contributed by atoms with Crippen molar-refractivity contribution in [3.05, 3.63) is 61.6 Å². The third-order valence-corrected chi connectivity index (χ3v) is 3.13. The molecule has 0 aliphatic carbocycles. The zero-order valence-corrected chi connectivity index (χ0v) is 12.3. The van der Waals surface area contributed by atoms with Crippen LogP contribution >= 0.6 is 27.5 Å². The highest BCUT2D eigenvalue weighted by molar-refractivity contribution is 9.10. The highest BCUT2D eigenvalue weighted by Crippen LogP contribution is 2.30. The van der Waals surface area contributed by atoms with Crippen LogP contribution in [0.5, 0.6) is 5.75 Å². The Bertz CT molecular complexity index is 704. The average Bonchev–Trinajstić information content (AvgIpc) is 2.39. The number of benzene rings is 2. The number of hydrogen-bond donors (Lipinski definition) is 0. The van der Waals surface area contributed by atoms with Crippen molar-refractivity contribution in [3.63, 3.8) is 0 Å². The van der Waals surface area contributed by atoms with Gasteiger partial charge in [0.15, 0.2) is 0 Å². The maximum Gasteiger partial charge on any atom is 0.263 e. The molecule has 0 heterocycles. The van der Waals surface area contributed by atoms with Gasteiger partial charge >= 0.3 is 0 Å². The smallest absolute Gasteiger partial charge is 0.263 e. The summed E-state index contributed by atoms with van der Waals surface area (Å²) in [5.41, 5.74) is 0.124. The number of rotatable bonds is 3. The topological polar surface area (TPSA) is 78.6 Å². The van der Waals surface area contributed by atoms with Gasteiger partial charge in [0.1, 0.15) is 0 Å². The number of nitro groups is 1. The SMILES string of the molecule is O=[N+]([O-])c1cc(Cl)cc(C=Nc2cccc(Br)c2)c1[O-]. The zero-order chi connectivity index (χ0) is 14.7. The Morgan fingerprint density at radius 3 is 2.70 bits per heavy atom. The molecule has 2 aromatic rings. The van der Waals surface area contributed by atoms with Gasteiger partial charge in [-0.1, -0.05) is 33.6 Å². The lowest BCUT2D eigenvalue weighted by Gasteiger charge is -2.10. The molecule has 7 heteroatoms. The maximum atomic E-state index is 11.8. The molecule has 0 fully saturated rings. The Labute approximate surface area is 127 Å². The van der Waals surface area contributed by atoms with Gasteiger partial charge in [0.25, 0.3) is 5.69 Å². The summed E-state index contributed by atoms with van der Waals surface area (Å²) in [5.74, 6) is -0.710. The van der Waals surface area contributed by atoms with E-state index in [4.69, 9.17) is 11.6 Å². The van der Waals surface area contributed by atoms with E-state index >= 15 is 0 Å². The van der Waals surface area contributed by atoms with Crippen molar-refractivity contribution < 1.29 is 10.0 Å². The van der Waals surface area contributed by atoms with E-state index in [0.29, 0.717) is 5.69 Å². The van der Waals surface area contributed by atoms with Gasteiger partial charge in [-0.3, -0.25) is 15.1 Å². The van der Waals surface area contributed by atoms with Crippen molar-refractivity contribution in [1.82, 2.24) is 0 Å². The van der Waals surface area contributed by atoms with Gasteiger partial charge in [0, 0.05) is 21.8 Å². The van der Waals surface area contributed by atoms with Crippen LogP contribution in [0.25, 0.3) is 0 Å². The second kappa shape index (κ2) is 6.02. The van der Waals surface area contributed by atoms with Crippen molar-refractivity contribution in [2.75, 3.05) is 0 Å². The highest BCUT2D eigenvalue weighted by atomic mass is 79.9. The number of nitrogens with zero attached hydrogens (tertiary/aromatic N) is 2. The molecule has 5 nitrogen and oxygen atoms in total. The van der Waals surface area contributed by atoms with Crippen LogP contribution in [-0.4, -0.2) is 11.1 Å². The van der Waals surface area contributed by atoms with Gasteiger partial charge in [-0.2, -0.15) is 0 Å². The number of hydrogen-bond acceptors (Lipinski definition) is 4. The van der Waals surface area contributed by atoms with E-state index in [1.165, 1.54) is 12.3 Å². The average molecular weight is 355 g/mol. The molecule has 0 N–H and O–H groups in total. The van der Waals surface area contributed by atoms with Crippen LogP contribution in [0.1, 0.15) is 5.56 Å². The van der Waals surface area contributed by atoms with E-state index in [1.807, 2.05) is 6.07 Å². The molecule has 0 aliphatic heterocycles. The van der Waals surface area contributed by atoms with Crippen molar-refractivity contribution in [1.29, 1.82) is 0 Å². The predicted octanol–water partition coefficient (Wildman–Crippen LogP) is 3.83. The first-order valence-corrected chi connectivity index (χ1v) is 6.59. The van der Waals surface area contributed by atoms with E-state index in [1.54, 1.807) is 18.2 Å². The zero-order valence-electron chi connectivity index (χ0n) is 9.92. The normalized spacial score (nSPS) is 10.9. The van der Waals surface area contributed by atoms with Crippen LogP contribution in [0.4, 0.5) is 11.4 Å². The number of aliphatic imine (C=N–C) groups is 1. The van der Waals surface area contributed by atoms with Crippen LogP contribution < -0.4 is 5.11 Å². The third-order valence-electron chi connectivity index (χ3n) is 2.42. The summed E-state index contributed by atoms with van der Waals surface area (Å²) in [6.07, 6.45) is 1.27. The summed E-state index contributed by atoms with van der Waals surface area (Å²) in [4.78, 5) is 14.1. The molecule has 0 amide bonds. The first kappa shape index (κ1) is 14.5. The molecule has 0 bridgehead atoms. The monoisotopic (exact) mass is 353 g/mol. The summed E-state index contributed by atoms with van der Waals surface area (Å²) in [6, 6.07) is 9.49. The minimum atomic E-state index is -0.759. The Morgan fingerprint density at radius 1 is 1.30 bits per heavy atom. The molecule has 0 spiro atoms. The third kappa shape index (κ3) is 3.34. The van der Waals surface area contributed by atoms with Crippen LogP contribution in [0.3, 0.4) is 0 Å². The quantitative estimate of drug-likeness (QED) is 0.477. The van der Waals surface area contributed by atoms with Crippen molar-refractivity contribution >= 4 is 45.1 Å². The van der Waals surface area contributed by atoms with Gasteiger partial charge in [-0.25, -0.2) is 0 Å². The largest absolute Gasteiger partial charge is 0.867 e. The minimum absolute atomic E-state index is 0.0733. The van der Waals surface area contributed by atoms with Gasteiger partial charge < -0.3 is 5.11 Å². The molecule has 2 rings (SSSR count). The van der Waals surface area contributed by atoms with Crippen LogP contribution in [-0.2, 0) is 0 Å². The number of halogens is 2. The fourth-order valence-electron chi connectivity index (χ4n) is 1.53. The molecule has 0 aromatic heterocycles. The molecule has 2 aromatic carbocycles.